The van der Waals surface area contributed by atoms with Crippen LogP contribution in [-0.2, 0) is 13.6 Å². The summed E-state index contributed by atoms with van der Waals surface area (Å²) in [7, 11) is -3.26. The Morgan fingerprint density at radius 1 is 0.917 bits per heavy atom. The Balaban J connectivity index is 2.11. The van der Waals surface area contributed by atoms with E-state index in [0.29, 0.717) is 29.3 Å². The summed E-state index contributed by atoms with van der Waals surface area (Å²) in [5.41, 5.74) is 0.176. The SMILES string of the molecule is CC[Si](CC)(CC)O[C@H]1CCC[C@]2(C)C([C@@H](C)C(C=O)CCC(C)(C)O[Si](CC)(CC)CC)CCC12. The van der Waals surface area contributed by atoms with Gasteiger partial charge in [-0.15, -0.1) is 0 Å². The molecule has 3 nitrogen and oxygen atoms in total. The Morgan fingerprint density at radius 2 is 1.47 bits per heavy atom. The van der Waals surface area contributed by atoms with Crippen LogP contribution in [0.3, 0.4) is 0 Å². The van der Waals surface area contributed by atoms with Crippen LogP contribution in [0.25, 0.3) is 0 Å². The number of hydrogen-bond acceptors (Lipinski definition) is 3. The zero-order valence-corrected chi connectivity index (χ0v) is 27.9. The third-order valence-corrected chi connectivity index (χ3v) is 21.0. The molecule has 0 spiro atoms. The van der Waals surface area contributed by atoms with Crippen LogP contribution in [0.5, 0.6) is 0 Å². The summed E-state index contributed by atoms with van der Waals surface area (Å²) in [5.74, 6) is 1.87. The van der Waals surface area contributed by atoms with Crippen molar-refractivity contribution >= 4 is 22.9 Å². The summed E-state index contributed by atoms with van der Waals surface area (Å²) < 4.78 is 14.0. The number of aldehydes is 1. The first-order valence-electron chi connectivity index (χ1n) is 15.8. The van der Waals surface area contributed by atoms with Crippen LogP contribution >= 0.6 is 0 Å². The van der Waals surface area contributed by atoms with Crippen LogP contribution in [0, 0.1) is 29.1 Å². The summed E-state index contributed by atoms with van der Waals surface area (Å²) in [4.78, 5) is 12.5. The van der Waals surface area contributed by atoms with Gasteiger partial charge in [-0.1, -0.05) is 61.8 Å². The summed E-state index contributed by atoms with van der Waals surface area (Å²) in [6, 6.07) is 7.26. The maximum atomic E-state index is 12.5. The quantitative estimate of drug-likeness (QED) is 0.145. The van der Waals surface area contributed by atoms with Gasteiger partial charge in [0.2, 0.25) is 0 Å². The second-order valence-electron chi connectivity index (χ2n) is 13.4. The van der Waals surface area contributed by atoms with Gasteiger partial charge in [-0.05, 0) is 112 Å². The van der Waals surface area contributed by atoms with Gasteiger partial charge in [-0.3, -0.25) is 0 Å². The molecule has 2 aliphatic rings. The first-order chi connectivity index (χ1) is 16.9. The summed E-state index contributed by atoms with van der Waals surface area (Å²) >= 11 is 0. The van der Waals surface area contributed by atoms with Crippen molar-refractivity contribution in [3.05, 3.63) is 0 Å². The van der Waals surface area contributed by atoms with Crippen LogP contribution in [-0.4, -0.2) is 34.6 Å². The van der Waals surface area contributed by atoms with Gasteiger partial charge >= 0.3 is 0 Å². The molecule has 6 atom stereocenters. The fourth-order valence-corrected chi connectivity index (χ4v) is 14.5. The monoisotopic (exact) mass is 538 g/mol. The molecule has 5 heteroatoms. The van der Waals surface area contributed by atoms with E-state index >= 15 is 0 Å². The molecule has 2 aliphatic carbocycles. The predicted molar refractivity (Wildman–Crippen MR) is 161 cm³/mol. The molecule has 0 heterocycles. The molecule has 0 aromatic carbocycles. The Morgan fingerprint density at radius 3 is 1.97 bits per heavy atom. The van der Waals surface area contributed by atoms with Crippen molar-refractivity contribution in [1.82, 2.24) is 0 Å². The van der Waals surface area contributed by atoms with E-state index in [1.54, 1.807) is 0 Å². The van der Waals surface area contributed by atoms with E-state index in [4.69, 9.17) is 8.85 Å². The maximum Gasteiger partial charge on any atom is 0.192 e. The smallest absolute Gasteiger partial charge is 0.192 e. The number of carbonyl (C=O) groups excluding carboxylic acids is 1. The molecule has 3 unspecified atom stereocenters. The lowest BCUT2D eigenvalue weighted by molar-refractivity contribution is -0.114. The largest absolute Gasteiger partial charge is 0.414 e. The topological polar surface area (TPSA) is 35.5 Å². The van der Waals surface area contributed by atoms with Crippen molar-refractivity contribution in [2.24, 2.45) is 29.1 Å². The first-order valence-corrected chi connectivity index (χ1v) is 20.8. The Bertz CT molecular complexity index is 656. The summed E-state index contributed by atoms with van der Waals surface area (Å²) in [6.07, 6.45) is 10.1. The van der Waals surface area contributed by atoms with Gasteiger partial charge in [0, 0.05) is 12.0 Å². The van der Waals surface area contributed by atoms with Gasteiger partial charge in [0.05, 0.1) is 5.60 Å². The zero-order chi connectivity index (χ0) is 27.2. The zero-order valence-electron chi connectivity index (χ0n) is 25.9. The molecule has 0 aromatic heterocycles. The molecule has 2 saturated carbocycles. The van der Waals surface area contributed by atoms with Crippen molar-refractivity contribution in [2.45, 2.75) is 162 Å². The highest BCUT2D eigenvalue weighted by molar-refractivity contribution is 6.74. The second-order valence-corrected chi connectivity index (χ2v) is 22.8. The number of rotatable bonds is 16. The van der Waals surface area contributed by atoms with Crippen LogP contribution in [0.4, 0.5) is 0 Å². The first kappa shape index (κ1) is 32.2. The molecule has 0 N–H and O–H groups in total. The number of fused-ring (bicyclic) bond motifs is 1. The second kappa shape index (κ2) is 13.4. The lowest BCUT2D eigenvalue weighted by atomic mass is 9.60. The minimum Gasteiger partial charge on any atom is -0.414 e. The summed E-state index contributed by atoms with van der Waals surface area (Å²) in [6.45, 7) is 23.5. The fourth-order valence-electron chi connectivity index (χ4n) is 8.36. The minimum atomic E-state index is -1.66. The fraction of sp³-hybridized carbons (Fsp3) is 0.968. The highest BCUT2D eigenvalue weighted by atomic mass is 28.4. The standard InChI is InChI=1S/C31H62O3Si2/c1-11-35(12-2,13-3)33-29-18-17-22-31(10)27(19-20-28(29)31)25(7)26(24-32)21-23-30(8,9)34-36(14-4,15-5)16-6/h24-29H,11-23H2,1-10H3/t25-,26?,27?,28?,29-,31+/m0/s1. The van der Waals surface area contributed by atoms with Gasteiger partial charge in [-0.2, -0.15) is 0 Å². The molecule has 2 fully saturated rings. The lowest BCUT2D eigenvalue weighted by Gasteiger charge is -2.49. The van der Waals surface area contributed by atoms with Gasteiger partial charge in [0.25, 0.3) is 0 Å². The van der Waals surface area contributed by atoms with E-state index in [0.717, 1.165) is 12.8 Å². The van der Waals surface area contributed by atoms with Crippen LogP contribution in [0.15, 0.2) is 0 Å². The number of carbonyl (C=O) groups is 1. The molecule has 0 aromatic rings. The number of hydrogen-bond donors (Lipinski definition) is 0. The van der Waals surface area contributed by atoms with E-state index in [-0.39, 0.29) is 11.5 Å². The highest BCUT2D eigenvalue weighted by Gasteiger charge is 2.54. The van der Waals surface area contributed by atoms with E-state index in [1.807, 2.05) is 0 Å². The van der Waals surface area contributed by atoms with Crippen LogP contribution in [0.2, 0.25) is 36.3 Å². The molecule has 0 aliphatic heterocycles. The van der Waals surface area contributed by atoms with Crippen LogP contribution < -0.4 is 0 Å². The van der Waals surface area contributed by atoms with E-state index in [1.165, 1.54) is 74.7 Å². The Kier molecular flexibility index (Phi) is 12.0. The van der Waals surface area contributed by atoms with E-state index in [2.05, 4.69) is 69.2 Å². The van der Waals surface area contributed by atoms with Crippen molar-refractivity contribution in [1.29, 1.82) is 0 Å². The molecule has 0 bridgehead atoms. The third-order valence-electron chi connectivity index (χ3n) is 11.5. The van der Waals surface area contributed by atoms with E-state index in [9.17, 15) is 4.79 Å². The van der Waals surface area contributed by atoms with Crippen LogP contribution in [0.1, 0.15) is 114 Å². The van der Waals surface area contributed by atoms with Crippen molar-refractivity contribution < 1.29 is 13.6 Å². The Labute approximate surface area is 227 Å². The molecule has 0 amide bonds. The molecule has 0 radical (unpaired) electrons. The van der Waals surface area contributed by atoms with Crippen molar-refractivity contribution in [2.75, 3.05) is 0 Å². The molecule has 212 valence electrons. The van der Waals surface area contributed by atoms with Gasteiger partial charge in [0.1, 0.15) is 6.29 Å². The minimum absolute atomic E-state index is 0.131. The molecular weight excluding hydrogens is 477 g/mol. The lowest BCUT2D eigenvalue weighted by Crippen LogP contribution is -2.49. The van der Waals surface area contributed by atoms with E-state index < -0.39 is 16.6 Å². The Hall–Kier alpha value is 0.0238. The van der Waals surface area contributed by atoms with Gasteiger partial charge in [-0.25, -0.2) is 0 Å². The van der Waals surface area contributed by atoms with Crippen molar-refractivity contribution in [3.8, 4) is 0 Å². The molecular formula is C31H62O3Si2. The highest BCUT2D eigenvalue weighted by Crippen LogP contribution is 2.59. The summed E-state index contributed by atoms with van der Waals surface area (Å²) in [5, 5.41) is 0. The molecule has 2 rings (SSSR count). The molecule has 0 saturated heterocycles. The average Bonchev–Trinajstić information content (AvgIpc) is 3.24. The third kappa shape index (κ3) is 6.96. The maximum absolute atomic E-state index is 12.5. The van der Waals surface area contributed by atoms with Gasteiger partial charge in [0.15, 0.2) is 16.6 Å². The molecule has 36 heavy (non-hydrogen) atoms. The van der Waals surface area contributed by atoms with Crippen molar-refractivity contribution in [3.63, 3.8) is 0 Å². The van der Waals surface area contributed by atoms with Gasteiger partial charge < -0.3 is 13.6 Å². The normalized spacial score (nSPS) is 29.1. The average molecular weight is 539 g/mol. The predicted octanol–water partition coefficient (Wildman–Crippen LogP) is 9.62.